The summed E-state index contributed by atoms with van der Waals surface area (Å²) in [4.78, 5) is 0. The molecule has 0 aliphatic heterocycles. The van der Waals surface area contributed by atoms with Crippen molar-refractivity contribution >= 4 is 15.9 Å². The average Bonchev–Trinajstić information content (AvgIpc) is 1.69. The zero-order valence-electron chi connectivity index (χ0n) is 7.81. The van der Waals surface area contributed by atoms with Crippen molar-refractivity contribution in [2.24, 2.45) is 0 Å². The van der Waals surface area contributed by atoms with Crippen molar-refractivity contribution < 1.29 is 29.3 Å². The van der Waals surface area contributed by atoms with Gasteiger partial charge in [0, 0.05) is 0 Å². The van der Waals surface area contributed by atoms with Crippen LogP contribution in [0.15, 0.2) is 0 Å². The topological polar surface area (TPSA) is 18.5 Å². The van der Waals surface area contributed by atoms with E-state index in [1.165, 1.54) is 0 Å². The maximum atomic E-state index is 4.94. The molecule has 0 unspecified atom stereocenters. The first-order valence-corrected chi connectivity index (χ1v) is 3.41. The van der Waals surface area contributed by atoms with E-state index >= 15 is 0 Å². The molecule has 0 saturated carbocycles. The van der Waals surface area contributed by atoms with Gasteiger partial charge in [-0.15, -0.1) is 0 Å². The van der Waals surface area contributed by atoms with E-state index in [0.29, 0.717) is 0 Å². The molecule has 0 heterocycles. The van der Waals surface area contributed by atoms with Gasteiger partial charge in [0.25, 0.3) is 0 Å². The van der Waals surface area contributed by atoms with E-state index in [9.17, 15) is 0 Å². The predicted octanol–water partition coefficient (Wildman–Crippen LogP) is -2.18. The Morgan fingerprint density at radius 2 is 1.62 bits per heavy atom. The van der Waals surface area contributed by atoms with Gasteiger partial charge < -0.3 is 2.85 Å². The summed E-state index contributed by atoms with van der Waals surface area (Å²) < 4.78 is 9.87. The summed E-state index contributed by atoms with van der Waals surface area (Å²) in [6.07, 6.45) is 0. The minimum atomic E-state index is -0.178. The average molecular weight is 126 g/mol. The van der Waals surface area contributed by atoms with Crippen molar-refractivity contribution in [2.75, 3.05) is 13.2 Å². The molecule has 0 rings (SSSR count). The second-order valence-corrected chi connectivity index (χ2v) is 1.87. The Kier molecular flexibility index (Phi) is 16.1. The van der Waals surface area contributed by atoms with E-state index in [1.807, 2.05) is 13.8 Å². The van der Waals surface area contributed by atoms with Gasteiger partial charge in [0.1, 0.15) is 0 Å². The summed E-state index contributed by atoms with van der Waals surface area (Å²) in [6, 6.07) is 0. The molecule has 44 valence electrons. The van der Waals surface area contributed by atoms with Gasteiger partial charge in [0.15, 0.2) is 0 Å². The van der Waals surface area contributed by atoms with Crippen LogP contribution < -0.4 is 18.9 Å². The van der Waals surface area contributed by atoms with Crippen LogP contribution in [0.2, 0.25) is 0 Å². The van der Waals surface area contributed by atoms with Crippen LogP contribution in [0, 0.1) is 0 Å². The molecule has 4 heteroatoms. The van der Waals surface area contributed by atoms with Crippen LogP contribution in [0.3, 0.4) is 0 Å². The second-order valence-electron chi connectivity index (χ2n) is 1.01. The largest absolute Gasteiger partial charge is 1.00 e. The monoisotopic (exact) mass is 126 g/mol. The minimum absolute atomic E-state index is 0. The third-order valence-corrected chi connectivity index (χ3v) is 1.41. The molecule has 0 aliphatic carbocycles. The summed E-state index contributed by atoms with van der Waals surface area (Å²) >= 11 is -0.178. The Labute approximate surface area is 72.5 Å². The van der Waals surface area contributed by atoms with Crippen LogP contribution in [-0.4, -0.2) is 29.1 Å². The zero-order valence-corrected chi connectivity index (χ0v) is 6.96. The number of hydrogen-bond donors (Lipinski definition) is 0. The number of hydrogen-bond acceptors (Lipinski definition) is 2. The second kappa shape index (κ2) is 10.9. The van der Waals surface area contributed by atoms with Gasteiger partial charge in [0.05, 0.1) is 0 Å². The molecule has 0 spiro atoms. The molecule has 0 saturated heterocycles. The molecular formula is C4H12AlLiO2. The molecule has 0 aromatic carbocycles. The third kappa shape index (κ3) is 10.1. The first-order chi connectivity index (χ1) is 3.41. The summed E-state index contributed by atoms with van der Waals surface area (Å²) in [5.74, 6) is 0. The summed E-state index contributed by atoms with van der Waals surface area (Å²) in [5.41, 5.74) is 0. The van der Waals surface area contributed by atoms with E-state index in [2.05, 4.69) is 0 Å². The molecule has 2 nitrogen and oxygen atoms in total. The fourth-order valence-corrected chi connectivity index (χ4v) is 0.553. The fraction of sp³-hybridized carbons (Fsp3) is 1.00. The van der Waals surface area contributed by atoms with Crippen molar-refractivity contribution in [3.8, 4) is 0 Å². The Hall–Kier alpha value is 1.05. The molecule has 0 bridgehead atoms. The van der Waals surface area contributed by atoms with Gasteiger partial charge in [-0.1, -0.05) is 0 Å². The molecule has 8 heavy (non-hydrogen) atoms. The van der Waals surface area contributed by atoms with Gasteiger partial charge in [-0.05, 0) is 0 Å². The van der Waals surface area contributed by atoms with Crippen molar-refractivity contribution in [1.29, 1.82) is 0 Å². The molecule has 0 aliphatic rings. The van der Waals surface area contributed by atoms with Crippen LogP contribution in [0.1, 0.15) is 16.7 Å². The molecule has 0 aromatic rings. The van der Waals surface area contributed by atoms with Crippen LogP contribution >= 0.6 is 0 Å². The fourth-order valence-electron chi connectivity index (χ4n) is 0.184. The van der Waals surface area contributed by atoms with Gasteiger partial charge in [-0.2, -0.15) is 0 Å². The molecule has 0 fully saturated rings. The summed E-state index contributed by atoms with van der Waals surface area (Å²) in [7, 11) is 0. The van der Waals surface area contributed by atoms with E-state index in [0.717, 1.165) is 13.2 Å². The van der Waals surface area contributed by atoms with Crippen LogP contribution in [-0.2, 0) is 7.58 Å². The molecule has 0 N–H and O–H groups in total. The normalized spacial score (nSPS) is 7.25. The molecule has 0 radical (unpaired) electrons. The van der Waals surface area contributed by atoms with Gasteiger partial charge in [-0.3, -0.25) is 0 Å². The van der Waals surface area contributed by atoms with Gasteiger partial charge in [0.2, 0.25) is 0 Å². The maximum Gasteiger partial charge on any atom is 1.00 e. The van der Waals surface area contributed by atoms with Gasteiger partial charge >= 0.3 is 69.4 Å². The first kappa shape index (κ1) is 11.8. The quantitative estimate of drug-likeness (QED) is 0.315. The summed E-state index contributed by atoms with van der Waals surface area (Å²) in [6.45, 7) is 5.47. The van der Waals surface area contributed by atoms with E-state index < -0.39 is 0 Å². The van der Waals surface area contributed by atoms with Crippen LogP contribution in [0.5, 0.6) is 0 Å². The Balaban J connectivity index is -0.0000000600. The van der Waals surface area contributed by atoms with Crippen LogP contribution in [0.4, 0.5) is 0 Å². The molecule has 0 aromatic heterocycles. The summed E-state index contributed by atoms with van der Waals surface area (Å²) in [5, 5.41) is 0. The van der Waals surface area contributed by atoms with Crippen molar-refractivity contribution in [3.05, 3.63) is 0 Å². The van der Waals surface area contributed by atoms with Crippen molar-refractivity contribution in [2.45, 2.75) is 13.8 Å². The SMILES string of the molecule is CC[O][Al+][O]CC.[H-].[H-].[Li+]. The van der Waals surface area contributed by atoms with Gasteiger partial charge in [-0.25, -0.2) is 0 Å². The van der Waals surface area contributed by atoms with Crippen molar-refractivity contribution in [1.82, 2.24) is 0 Å². The Morgan fingerprint density at radius 3 is 1.88 bits per heavy atom. The van der Waals surface area contributed by atoms with Crippen molar-refractivity contribution in [3.63, 3.8) is 0 Å². The molecule has 0 atom stereocenters. The van der Waals surface area contributed by atoms with Crippen LogP contribution in [0.25, 0.3) is 0 Å². The Morgan fingerprint density at radius 1 is 1.25 bits per heavy atom. The molecule has 0 amide bonds. The third-order valence-electron chi connectivity index (χ3n) is 0.469. The van der Waals surface area contributed by atoms with E-state index in [-0.39, 0.29) is 37.6 Å². The molecular weight excluding hydrogens is 114 g/mol. The number of rotatable bonds is 4. The zero-order chi connectivity index (χ0) is 5.54. The standard InChI is InChI=1S/2C2H5O.Al.Li.2H/c2*1-2-3;;;;/h2*2H2,1H3;;;;/q2*-1;+3;+1;2*-1. The van der Waals surface area contributed by atoms with E-state index in [4.69, 9.17) is 7.58 Å². The smallest absolute Gasteiger partial charge is 1.00 e. The van der Waals surface area contributed by atoms with E-state index in [1.54, 1.807) is 0 Å². The predicted molar refractivity (Wildman–Crippen MR) is 31.2 cm³/mol. The first-order valence-electron chi connectivity index (χ1n) is 2.46. The minimum Gasteiger partial charge on any atom is -1.00 e. The Bertz CT molecular complexity index is 40.4. The maximum absolute atomic E-state index is 4.94.